The molecule has 2 unspecified atom stereocenters. The first-order chi connectivity index (χ1) is 7.45. The maximum absolute atomic E-state index is 5.85. The average Bonchev–Trinajstić information content (AvgIpc) is 2.48. The number of hydrogen-bond donors (Lipinski definition) is 1. The van der Waals surface area contributed by atoms with Crippen molar-refractivity contribution in [3.63, 3.8) is 0 Å². The smallest absolute Gasteiger partial charge is 0.125 e. The van der Waals surface area contributed by atoms with Crippen LogP contribution < -0.4 is 10.1 Å². The second-order valence-electron chi connectivity index (χ2n) is 4.03. The molecule has 0 radical (unpaired) electrons. The first kappa shape index (κ1) is 11.7. The Balaban J connectivity index is 0.000000963. The van der Waals surface area contributed by atoms with Crippen molar-refractivity contribution < 1.29 is 9.47 Å². The summed E-state index contributed by atoms with van der Waals surface area (Å²) in [4.78, 5) is 0. The fourth-order valence-corrected chi connectivity index (χ4v) is 2.36. The standard InChI is InChI=1S/C12H15NO2.ClH/c1-2-4-11-9(3-1)12-10(5-7-14-11)13-6-8-15-12;/h1-4,10,12-13H,5-8H2;1H. The van der Waals surface area contributed by atoms with Crippen LogP contribution in [0.25, 0.3) is 0 Å². The number of morpholine rings is 1. The summed E-state index contributed by atoms with van der Waals surface area (Å²) in [6, 6.07) is 8.58. The lowest BCUT2D eigenvalue weighted by Crippen LogP contribution is -2.43. The Hall–Kier alpha value is -0.770. The Labute approximate surface area is 102 Å². The van der Waals surface area contributed by atoms with Crippen LogP contribution in [0.1, 0.15) is 18.1 Å². The Morgan fingerprint density at radius 2 is 2.06 bits per heavy atom. The van der Waals surface area contributed by atoms with E-state index >= 15 is 0 Å². The van der Waals surface area contributed by atoms with Gasteiger partial charge in [0.1, 0.15) is 11.9 Å². The summed E-state index contributed by atoms with van der Waals surface area (Å²) in [5.41, 5.74) is 1.19. The molecule has 1 aromatic rings. The number of para-hydroxylation sites is 1. The van der Waals surface area contributed by atoms with Crippen LogP contribution in [0.2, 0.25) is 0 Å². The van der Waals surface area contributed by atoms with Crippen LogP contribution in [0, 0.1) is 0 Å². The molecule has 0 aliphatic carbocycles. The molecule has 2 aliphatic heterocycles. The summed E-state index contributed by atoms with van der Waals surface area (Å²) in [7, 11) is 0. The molecule has 0 amide bonds. The molecule has 1 N–H and O–H groups in total. The quantitative estimate of drug-likeness (QED) is 0.753. The Kier molecular flexibility index (Phi) is 3.69. The van der Waals surface area contributed by atoms with Crippen molar-refractivity contribution >= 4 is 12.4 Å². The van der Waals surface area contributed by atoms with E-state index in [0.717, 1.165) is 31.9 Å². The third-order valence-electron chi connectivity index (χ3n) is 3.08. The first-order valence-electron chi connectivity index (χ1n) is 5.52. The van der Waals surface area contributed by atoms with Gasteiger partial charge in [0.2, 0.25) is 0 Å². The zero-order chi connectivity index (χ0) is 10.1. The Bertz CT molecular complexity index is 359. The largest absolute Gasteiger partial charge is 0.493 e. The topological polar surface area (TPSA) is 30.5 Å². The van der Waals surface area contributed by atoms with Gasteiger partial charge in [0, 0.05) is 18.2 Å². The minimum Gasteiger partial charge on any atom is -0.493 e. The van der Waals surface area contributed by atoms with Gasteiger partial charge in [-0.05, 0) is 12.5 Å². The molecule has 3 nitrogen and oxygen atoms in total. The van der Waals surface area contributed by atoms with Crippen molar-refractivity contribution in [2.24, 2.45) is 0 Å². The van der Waals surface area contributed by atoms with Gasteiger partial charge in [0.15, 0.2) is 0 Å². The van der Waals surface area contributed by atoms with Crippen molar-refractivity contribution in [3.8, 4) is 5.75 Å². The van der Waals surface area contributed by atoms with E-state index in [2.05, 4.69) is 11.4 Å². The van der Waals surface area contributed by atoms with Crippen LogP contribution in [0.4, 0.5) is 0 Å². The maximum atomic E-state index is 5.85. The molecule has 88 valence electrons. The summed E-state index contributed by atoms with van der Waals surface area (Å²) in [5.74, 6) is 0.980. The molecular weight excluding hydrogens is 226 g/mol. The molecular formula is C12H16ClNO2. The molecule has 3 rings (SSSR count). The van der Waals surface area contributed by atoms with Gasteiger partial charge in [-0.1, -0.05) is 18.2 Å². The summed E-state index contributed by atoms with van der Waals surface area (Å²) in [5, 5.41) is 3.50. The van der Waals surface area contributed by atoms with Crippen molar-refractivity contribution in [1.82, 2.24) is 5.32 Å². The van der Waals surface area contributed by atoms with Crippen LogP contribution in [0.15, 0.2) is 24.3 Å². The summed E-state index contributed by atoms with van der Waals surface area (Å²) >= 11 is 0. The number of benzene rings is 1. The zero-order valence-corrected chi connectivity index (χ0v) is 9.83. The number of halogens is 1. The van der Waals surface area contributed by atoms with E-state index in [0.29, 0.717) is 6.04 Å². The van der Waals surface area contributed by atoms with Crippen LogP contribution in [0.3, 0.4) is 0 Å². The lowest BCUT2D eigenvalue weighted by atomic mass is 9.99. The molecule has 0 bridgehead atoms. The number of fused-ring (bicyclic) bond motifs is 3. The lowest BCUT2D eigenvalue weighted by Gasteiger charge is -2.31. The van der Waals surface area contributed by atoms with Gasteiger partial charge in [0.05, 0.1) is 13.2 Å². The summed E-state index contributed by atoms with van der Waals surface area (Å²) in [6.07, 6.45) is 1.18. The highest BCUT2D eigenvalue weighted by molar-refractivity contribution is 5.85. The summed E-state index contributed by atoms with van der Waals surface area (Å²) in [6.45, 7) is 2.51. The second kappa shape index (κ2) is 5.04. The second-order valence-corrected chi connectivity index (χ2v) is 4.03. The van der Waals surface area contributed by atoms with Crippen molar-refractivity contribution in [3.05, 3.63) is 29.8 Å². The van der Waals surface area contributed by atoms with Crippen LogP contribution in [0.5, 0.6) is 5.75 Å². The molecule has 2 heterocycles. The lowest BCUT2D eigenvalue weighted by molar-refractivity contribution is -0.00584. The zero-order valence-electron chi connectivity index (χ0n) is 9.02. The van der Waals surface area contributed by atoms with Gasteiger partial charge in [-0.2, -0.15) is 0 Å². The van der Waals surface area contributed by atoms with E-state index in [-0.39, 0.29) is 18.5 Å². The van der Waals surface area contributed by atoms with E-state index in [1.807, 2.05) is 18.2 Å². The van der Waals surface area contributed by atoms with E-state index in [9.17, 15) is 0 Å². The van der Waals surface area contributed by atoms with Gasteiger partial charge in [-0.3, -0.25) is 0 Å². The molecule has 1 aromatic carbocycles. The van der Waals surface area contributed by atoms with E-state index in [4.69, 9.17) is 9.47 Å². The Morgan fingerprint density at radius 1 is 1.19 bits per heavy atom. The normalized spacial score (nSPS) is 27.8. The summed E-state index contributed by atoms with van der Waals surface area (Å²) < 4.78 is 11.6. The number of hydrogen-bond acceptors (Lipinski definition) is 3. The number of nitrogens with one attached hydrogen (secondary N) is 1. The fraction of sp³-hybridized carbons (Fsp3) is 0.500. The first-order valence-corrected chi connectivity index (χ1v) is 5.52. The van der Waals surface area contributed by atoms with Crippen molar-refractivity contribution in [2.75, 3.05) is 19.8 Å². The molecule has 1 fully saturated rings. The van der Waals surface area contributed by atoms with Gasteiger partial charge >= 0.3 is 0 Å². The molecule has 4 heteroatoms. The van der Waals surface area contributed by atoms with E-state index in [1.54, 1.807) is 0 Å². The third kappa shape index (κ3) is 2.03. The molecule has 0 aromatic heterocycles. The van der Waals surface area contributed by atoms with Crippen LogP contribution >= 0.6 is 12.4 Å². The minimum absolute atomic E-state index is 0. The number of rotatable bonds is 0. The van der Waals surface area contributed by atoms with Gasteiger partial charge in [-0.25, -0.2) is 0 Å². The highest BCUT2D eigenvalue weighted by atomic mass is 35.5. The fourth-order valence-electron chi connectivity index (χ4n) is 2.36. The van der Waals surface area contributed by atoms with E-state index < -0.39 is 0 Å². The maximum Gasteiger partial charge on any atom is 0.125 e. The highest BCUT2D eigenvalue weighted by Gasteiger charge is 2.31. The molecule has 0 saturated carbocycles. The van der Waals surface area contributed by atoms with Gasteiger partial charge in [0.25, 0.3) is 0 Å². The minimum atomic E-state index is 0. The van der Waals surface area contributed by atoms with Crippen molar-refractivity contribution in [1.29, 1.82) is 0 Å². The van der Waals surface area contributed by atoms with Crippen LogP contribution in [-0.2, 0) is 4.74 Å². The number of ether oxygens (including phenoxy) is 2. The average molecular weight is 242 g/mol. The van der Waals surface area contributed by atoms with Crippen molar-refractivity contribution in [2.45, 2.75) is 18.6 Å². The SMILES string of the molecule is Cl.c1ccc2c(c1)OCCC1NCCOC21. The molecule has 16 heavy (non-hydrogen) atoms. The molecule has 2 aliphatic rings. The third-order valence-corrected chi connectivity index (χ3v) is 3.08. The van der Waals surface area contributed by atoms with Crippen LogP contribution in [-0.4, -0.2) is 25.8 Å². The van der Waals surface area contributed by atoms with Gasteiger partial charge in [-0.15, -0.1) is 12.4 Å². The molecule has 1 saturated heterocycles. The predicted molar refractivity (Wildman–Crippen MR) is 64.3 cm³/mol. The van der Waals surface area contributed by atoms with Gasteiger partial charge < -0.3 is 14.8 Å². The molecule has 0 spiro atoms. The predicted octanol–water partition coefficient (Wildman–Crippen LogP) is 1.92. The monoisotopic (exact) mass is 241 g/mol. The highest BCUT2D eigenvalue weighted by Crippen LogP contribution is 2.34. The van der Waals surface area contributed by atoms with E-state index in [1.165, 1.54) is 5.56 Å². The Morgan fingerprint density at radius 3 is 3.00 bits per heavy atom. The molecule has 2 atom stereocenters.